The van der Waals surface area contributed by atoms with E-state index in [4.69, 9.17) is 25.2 Å². The summed E-state index contributed by atoms with van der Waals surface area (Å²) in [6.07, 6.45) is 2.61. The first-order valence-electron chi connectivity index (χ1n) is 7.51. The largest absolute Gasteiger partial charge is 0.484 e. The van der Waals surface area contributed by atoms with E-state index in [9.17, 15) is 0 Å². The third kappa shape index (κ3) is 2.08. The zero-order valence-corrected chi connectivity index (χ0v) is 14.0. The Morgan fingerprint density at radius 2 is 2.18 bits per heavy atom. The van der Waals surface area contributed by atoms with Crippen molar-refractivity contribution in [2.75, 3.05) is 13.2 Å². The summed E-state index contributed by atoms with van der Waals surface area (Å²) in [6, 6.07) is 5.99. The number of hydrogen-bond donors (Lipinski definition) is 1. The van der Waals surface area contributed by atoms with Gasteiger partial charge in [-0.1, -0.05) is 15.9 Å². The highest BCUT2D eigenvalue weighted by molar-refractivity contribution is 9.10. The van der Waals surface area contributed by atoms with Crippen LogP contribution in [-0.4, -0.2) is 30.4 Å². The molecule has 2 N–H and O–H groups in total. The van der Waals surface area contributed by atoms with Crippen molar-refractivity contribution in [3.63, 3.8) is 0 Å². The molecule has 0 radical (unpaired) electrons. The molecule has 1 aromatic rings. The summed E-state index contributed by atoms with van der Waals surface area (Å²) in [4.78, 5) is 9.55. The first kappa shape index (κ1) is 14.2. The van der Waals surface area contributed by atoms with E-state index in [0.717, 1.165) is 40.9 Å². The van der Waals surface area contributed by atoms with Crippen LogP contribution >= 0.6 is 15.9 Å². The summed E-state index contributed by atoms with van der Waals surface area (Å²) in [5.74, 6) is 1.34. The number of benzene rings is 1. The Labute approximate surface area is 137 Å². The lowest BCUT2D eigenvalue weighted by Gasteiger charge is -2.46. The van der Waals surface area contributed by atoms with Crippen LogP contribution < -0.4 is 10.5 Å². The van der Waals surface area contributed by atoms with E-state index < -0.39 is 5.66 Å². The van der Waals surface area contributed by atoms with Gasteiger partial charge in [0.2, 0.25) is 0 Å². The maximum atomic E-state index is 6.35. The zero-order chi connectivity index (χ0) is 15.4. The maximum Gasteiger partial charge on any atom is 0.185 e. The highest BCUT2D eigenvalue weighted by Gasteiger charge is 2.52. The van der Waals surface area contributed by atoms with Crippen LogP contribution in [0.5, 0.6) is 5.75 Å². The fraction of sp³-hybridized carbons (Fsp3) is 0.500. The summed E-state index contributed by atoms with van der Waals surface area (Å²) < 4.78 is 13.0. The van der Waals surface area contributed by atoms with Crippen molar-refractivity contribution in [1.29, 1.82) is 0 Å². The number of nitrogens with zero attached hydrogens (tertiary/aromatic N) is 2. The van der Waals surface area contributed by atoms with Crippen molar-refractivity contribution in [3.05, 3.63) is 28.2 Å². The summed E-state index contributed by atoms with van der Waals surface area (Å²) in [5.41, 5.74) is 6.76. The van der Waals surface area contributed by atoms with Gasteiger partial charge in [-0.3, -0.25) is 4.99 Å². The van der Waals surface area contributed by atoms with Gasteiger partial charge in [0.1, 0.15) is 17.2 Å². The number of amidine groups is 1. The van der Waals surface area contributed by atoms with Crippen molar-refractivity contribution in [1.82, 2.24) is 0 Å². The molecule has 2 atom stereocenters. The summed E-state index contributed by atoms with van der Waals surface area (Å²) in [5, 5.41) is 0. The van der Waals surface area contributed by atoms with E-state index in [1.807, 2.05) is 25.1 Å². The van der Waals surface area contributed by atoms with Crippen molar-refractivity contribution in [2.24, 2.45) is 15.7 Å². The normalized spacial score (nSPS) is 33.4. The van der Waals surface area contributed by atoms with Crippen molar-refractivity contribution >= 4 is 27.5 Å². The van der Waals surface area contributed by atoms with Crippen LogP contribution in [0.4, 0.5) is 0 Å². The molecule has 0 aromatic heterocycles. The quantitative estimate of drug-likeness (QED) is 0.770. The molecule has 0 aliphatic carbocycles. The lowest BCUT2D eigenvalue weighted by Crippen LogP contribution is -2.51. The smallest absolute Gasteiger partial charge is 0.185 e. The van der Waals surface area contributed by atoms with Crippen molar-refractivity contribution in [2.45, 2.75) is 37.5 Å². The minimum Gasteiger partial charge on any atom is -0.484 e. The average Bonchev–Trinajstić information content (AvgIpc) is 2.76. The van der Waals surface area contributed by atoms with E-state index in [2.05, 4.69) is 15.9 Å². The van der Waals surface area contributed by atoms with Gasteiger partial charge in [-0.15, -0.1) is 0 Å². The molecule has 22 heavy (non-hydrogen) atoms. The molecule has 0 saturated carbocycles. The molecule has 5 nitrogen and oxygen atoms in total. The summed E-state index contributed by atoms with van der Waals surface area (Å²) >= 11 is 3.53. The molecule has 1 fully saturated rings. The SMILES string of the molecule is CC1=NC2(CC3(CCCOC3)Oc3ccc(Br)cc32)N=C1N. The minimum absolute atomic E-state index is 0.364. The molecule has 1 aromatic carbocycles. The molecule has 3 aliphatic heterocycles. The second kappa shape index (κ2) is 4.80. The monoisotopic (exact) mass is 363 g/mol. The summed E-state index contributed by atoms with van der Waals surface area (Å²) in [6.45, 7) is 3.28. The van der Waals surface area contributed by atoms with Crippen LogP contribution in [0.1, 0.15) is 31.7 Å². The van der Waals surface area contributed by atoms with Gasteiger partial charge in [-0.2, -0.15) is 0 Å². The van der Waals surface area contributed by atoms with Crippen LogP contribution in [0.3, 0.4) is 0 Å². The average molecular weight is 364 g/mol. The lowest BCUT2D eigenvalue weighted by molar-refractivity contribution is -0.0927. The number of rotatable bonds is 0. The Morgan fingerprint density at radius 3 is 2.86 bits per heavy atom. The molecule has 1 saturated heterocycles. The topological polar surface area (TPSA) is 69.2 Å². The third-order valence-electron chi connectivity index (χ3n) is 4.58. The zero-order valence-electron chi connectivity index (χ0n) is 12.4. The Balaban J connectivity index is 1.88. The Kier molecular flexibility index (Phi) is 3.10. The molecule has 0 bridgehead atoms. The molecule has 4 rings (SSSR count). The Bertz CT molecular complexity index is 675. The van der Waals surface area contributed by atoms with Crippen molar-refractivity contribution < 1.29 is 9.47 Å². The second-order valence-corrected chi connectivity index (χ2v) is 7.19. The molecule has 2 unspecified atom stereocenters. The first-order chi connectivity index (χ1) is 10.5. The highest BCUT2D eigenvalue weighted by atomic mass is 79.9. The second-order valence-electron chi connectivity index (χ2n) is 6.27. The fourth-order valence-corrected chi connectivity index (χ4v) is 3.97. The van der Waals surface area contributed by atoms with Gasteiger partial charge in [-0.05, 0) is 38.0 Å². The van der Waals surface area contributed by atoms with Crippen LogP contribution in [0.15, 0.2) is 32.7 Å². The molecule has 0 amide bonds. The van der Waals surface area contributed by atoms with E-state index in [-0.39, 0.29) is 5.60 Å². The van der Waals surface area contributed by atoms with Crippen molar-refractivity contribution in [3.8, 4) is 5.75 Å². The minimum atomic E-state index is -0.674. The van der Waals surface area contributed by atoms with Crippen LogP contribution in [0, 0.1) is 0 Å². The molecule has 116 valence electrons. The van der Waals surface area contributed by atoms with Gasteiger partial charge < -0.3 is 15.2 Å². The Morgan fingerprint density at radius 1 is 1.32 bits per heavy atom. The number of hydrogen-bond acceptors (Lipinski definition) is 5. The van der Waals surface area contributed by atoms with Crippen LogP contribution in [0.25, 0.3) is 0 Å². The highest BCUT2D eigenvalue weighted by Crippen LogP contribution is 2.51. The first-order valence-corrected chi connectivity index (χ1v) is 8.30. The van der Waals surface area contributed by atoms with E-state index in [1.165, 1.54) is 0 Å². The van der Waals surface area contributed by atoms with Gasteiger partial charge in [-0.25, -0.2) is 4.99 Å². The number of halogens is 1. The van der Waals surface area contributed by atoms with Gasteiger partial charge >= 0.3 is 0 Å². The molecule has 3 heterocycles. The van der Waals surface area contributed by atoms with Gasteiger partial charge in [0.05, 0.1) is 12.3 Å². The number of nitrogens with two attached hydrogens (primary N) is 1. The predicted octanol–water partition coefficient (Wildman–Crippen LogP) is 2.77. The standard InChI is InChI=1S/C16H18BrN3O2/c1-10-14(18)20-16(19-10)8-15(5-2-6-21-9-15)22-13-4-3-11(17)7-12(13)16/h3-4,7H,2,5-6,8-9H2,1H3,(H2,18,20). The fourth-order valence-electron chi connectivity index (χ4n) is 3.60. The number of aliphatic imine (C=N–C) groups is 2. The molecular weight excluding hydrogens is 346 g/mol. The molecule has 2 spiro atoms. The van der Waals surface area contributed by atoms with E-state index in [0.29, 0.717) is 18.9 Å². The Hall–Kier alpha value is -1.40. The van der Waals surface area contributed by atoms with Gasteiger partial charge in [0.15, 0.2) is 5.66 Å². The third-order valence-corrected chi connectivity index (χ3v) is 5.08. The number of fused-ring (bicyclic) bond motifs is 2. The molecule has 6 heteroatoms. The number of ether oxygens (including phenoxy) is 2. The molecule has 3 aliphatic rings. The van der Waals surface area contributed by atoms with Gasteiger partial charge in [0, 0.05) is 23.1 Å². The maximum absolute atomic E-state index is 6.35. The van der Waals surface area contributed by atoms with E-state index in [1.54, 1.807) is 0 Å². The van der Waals surface area contributed by atoms with Crippen LogP contribution in [-0.2, 0) is 10.4 Å². The van der Waals surface area contributed by atoms with E-state index >= 15 is 0 Å². The summed E-state index contributed by atoms with van der Waals surface area (Å²) in [7, 11) is 0. The van der Waals surface area contributed by atoms with Gasteiger partial charge in [0.25, 0.3) is 0 Å². The van der Waals surface area contributed by atoms with Crippen LogP contribution in [0.2, 0.25) is 0 Å². The molecular formula is C16H18BrN3O2. The predicted molar refractivity (Wildman–Crippen MR) is 88.6 cm³/mol. The lowest BCUT2D eigenvalue weighted by atomic mass is 9.80.